The second-order valence-corrected chi connectivity index (χ2v) is 3.70. The highest BCUT2D eigenvalue weighted by molar-refractivity contribution is 5.90. The van der Waals surface area contributed by atoms with E-state index >= 15 is 0 Å². The van der Waals surface area contributed by atoms with Crippen LogP contribution in [0.4, 0.5) is 5.82 Å². The average Bonchev–Trinajstić information content (AvgIpc) is 2.78. The first-order valence-electron chi connectivity index (χ1n) is 5.55. The molecule has 0 aliphatic rings. The Labute approximate surface area is 104 Å². The summed E-state index contributed by atoms with van der Waals surface area (Å²) in [6.45, 7) is 4.54. The fourth-order valence-electron chi connectivity index (χ4n) is 1.52. The van der Waals surface area contributed by atoms with Gasteiger partial charge in [-0.15, -0.1) is 0 Å². The molecule has 2 aromatic heterocycles. The van der Waals surface area contributed by atoms with Gasteiger partial charge in [-0.05, 0) is 19.9 Å². The summed E-state index contributed by atoms with van der Waals surface area (Å²) in [5.74, 6) is 1.37. The summed E-state index contributed by atoms with van der Waals surface area (Å²) in [6, 6.07) is 3.31. The first kappa shape index (κ1) is 12.0. The van der Waals surface area contributed by atoms with Crippen LogP contribution in [0.2, 0.25) is 0 Å². The lowest BCUT2D eigenvalue weighted by molar-refractivity contribution is 0.0995. The van der Waals surface area contributed by atoms with Crippen LogP contribution in [0.15, 0.2) is 18.3 Å². The summed E-state index contributed by atoms with van der Waals surface area (Å²) in [5, 5.41) is 7.15. The fourth-order valence-corrected chi connectivity index (χ4v) is 1.52. The van der Waals surface area contributed by atoms with Crippen LogP contribution in [0.5, 0.6) is 0 Å². The van der Waals surface area contributed by atoms with E-state index < -0.39 is 5.91 Å². The first-order valence-corrected chi connectivity index (χ1v) is 5.55. The van der Waals surface area contributed by atoms with Gasteiger partial charge in [0, 0.05) is 18.8 Å². The van der Waals surface area contributed by atoms with Crippen LogP contribution in [-0.4, -0.2) is 32.2 Å². The van der Waals surface area contributed by atoms with E-state index in [1.54, 1.807) is 25.3 Å². The molecule has 2 aromatic rings. The molecule has 0 aliphatic heterocycles. The van der Waals surface area contributed by atoms with Gasteiger partial charge in [-0.2, -0.15) is 5.10 Å². The lowest BCUT2D eigenvalue weighted by Crippen LogP contribution is -2.13. The van der Waals surface area contributed by atoms with Gasteiger partial charge in [0.05, 0.1) is 0 Å². The van der Waals surface area contributed by atoms with Crippen LogP contribution in [0.25, 0.3) is 5.82 Å². The van der Waals surface area contributed by atoms with Gasteiger partial charge < -0.3 is 11.1 Å². The van der Waals surface area contributed by atoms with Crippen molar-refractivity contribution in [3.8, 4) is 5.82 Å². The maximum Gasteiger partial charge on any atom is 0.269 e. The number of primary amides is 1. The van der Waals surface area contributed by atoms with Crippen LogP contribution in [0.3, 0.4) is 0 Å². The summed E-state index contributed by atoms with van der Waals surface area (Å²) in [6.07, 6.45) is 1.64. The molecule has 94 valence electrons. The van der Waals surface area contributed by atoms with E-state index in [1.165, 1.54) is 4.68 Å². The van der Waals surface area contributed by atoms with Crippen molar-refractivity contribution in [3.05, 3.63) is 29.8 Å². The third-order valence-corrected chi connectivity index (χ3v) is 2.26. The zero-order chi connectivity index (χ0) is 13.1. The smallest absolute Gasteiger partial charge is 0.269 e. The second-order valence-electron chi connectivity index (χ2n) is 3.70. The minimum Gasteiger partial charge on any atom is -0.370 e. The van der Waals surface area contributed by atoms with Gasteiger partial charge >= 0.3 is 0 Å². The Morgan fingerprint density at radius 3 is 2.89 bits per heavy atom. The Morgan fingerprint density at radius 1 is 1.50 bits per heavy atom. The molecule has 0 fully saturated rings. The highest BCUT2D eigenvalue weighted by Gasteiger charge is 2.08. The van der Waals surface area contributed by atoms with Gasteiger partial charge in [0.15, 0.2) is 5.82 Å². The summed E-state index contributed by atoms with van der Waals surface area (Å²) in [5.41, 5.74) is 5.36. The van der Waals surface area contributed by atoms with Crippen LogP contribution in [0, 0.1) is 6.92 Å². The number of hydrogen-bond acceptors (Lipinski definition) is 5. The Kier molecular flexibility index (Phi) is 3.22. The number of amides is 1. The van der Waals surface area contributed by atoms with Gasteiger partial charge in [0.2, 0.25) is 0 Å². The van der Waals surface area contributed by atoms with Crippen molar-refractivity contribution < 1.29 is 4.79 Å². The van der Waals surface area contributed by atoms with E-state index in [2.05, 4.69) is 20.4 Å². The maximum absolute atomic E-state index is 11.0. The quantitative estimate of drug-likeness (QED) is 0.818. The molecular formula is C11H14N6O. The van der Waals surface area contributed by atoms with E-state index in [0.29, 0.717) is 11.6 Å². The Balaban J connectivity index is 2.39. The third-order valence-electron chi connectivity index (χ3n) is 2.26. The molecule has 0 bridgehead atoms. The van der Waals surface area contributed by atoms with Crippen molar-refractivity contribution in [1.82, 2.24) is 19.7 Å². The lowest BCUT2D eigenvalue weighted by atomic mass is 10.4. The van der Waals surface area contributed by atoms with Crippen molar-refractivity contribution in [2.45, 2.75) is 13.8 Å². The highest BCUT2D eigenvalue weighted by atomic mass is 16.1. The number of aromatic nitrogens is 4. The summed E-state index contributed by atoms with van der Waals surface area (Å²) < 4.78 is 1.50. The zero-order valence-corrected chi connectivity index (χ0v) is 10.2. The molecule has 0 radical (unpaired) electrons. The molecule has 7 nitrogen and oxygen atoms in total. The number of nitrogens with two attached hydrogens (primary N) is 1. The van der Waals surface area contributed by atoms with Crippen molar-refractivity contribution in [2.24, 2.45) is 5.73 Å². The molecule has 0 aromatic carbocycles. The lowest BCUT2D eigenvalue weighted by Gasteiger charge is -2.06. The Morgan fingerprint density at radius 2 is 2.28 bits per heavy atom. The SMILES string of the molecule is CCNc1cc(-n2ccc(C(N)=O)n2)nc(C)n1. The average molecular weight is 246 g/mol. The number of nitrogens with one attached hydrogen (secondary N) is 1. The normalized spacial score (nSPS) is 10.3. The topological polar surface area (TPSA) is 98.7 Å². The highest BCUT2D eigenvalue weighted by Crippen LogP contribution is 2.10. The van der Waals surface area contributed by atoms with Crippen LogP contribution >= 0.6 is 0 Å². The number of anilines is 1. The van der Waals surface area contributed by atoms with Crippen LogP contribution < -0.4 is 11.1 Å². The number of carbonyl (C=O) groups excluding carboxylic acids is 1. The summed E-state index contributed by atoms with van der Waals surface area (Å²) in [7, 11) is 0. The van der Waals surface area contributed by atoms with Crippen molar-refractivity contribution in [3.63, 3.8) is 0 Å². The van der Waals surface area contributed by atoms with Crippen LogP contribution in [0.1, 0.15) is 23.2 Å². The molecule has 0 unspecified atom stereocenters. The molecule has 2 rings (SSSR count). The molecule has 0 aliphatic carbocycles. The van der Waals surface area contributed by atoms with Gasteiger partial charge in [-0.1, -0.05) is 0 Å². The standard InChI is InChI=1S/C11H14N6O/c1-3-13-9-6-10(15-7(2)14-9)17-5-4-8(16-17)11(12)18/h4-6H,3H2,1-2H3,(H2,12,18)(H,13,14,15). The van der Waals surface area contributed by atoms with Crippen LogP contribution in [-0.2, 0) is 0 Å². The number of nitrogens with zero attached hydrogens (tertiary/aromatic N) is 4. The van der Waals surface area contributed by atoms with Crippen molar-refractivity contribution in [2.75, 3.05) is 11.9 Å². The molecule has 7 heteroatoms. The van der Waals surface area contributed by atoms with E-state index in [4.69, 9.17) is 5.73 Å². The fraction of sp³-hybridized carbons (Fsp3) is 0.273. The monoisotopic (exact) mass is 246 g/mol. The van der Waals surface area contributed by atoms with Gasteiger partial charge in [0.1, 0.15) is 17.3 Å². The minimum absolute atomic E-state index is 0.205. The van der Waals surface area contributed by atoms with E-state index in [1.807, 2.05) is 6.92 Å². The van der Waals surface area contributed by atoms with Gasteiger partial charge in [-0.25, -0.2) is 14.6 Å². The number of aryl methyl sites for hydroxylation is 1. The van der Waals surface area contributed by atoms with E-state index in [0.717, 1.165) is 12.4 Å². The Hall–Kier alpha value is -2.44. The minimum atomic E-state index is -0.563. The predicted octanol–water partition coefficient (Wildman–Crippen LogP) is 0.501. The number of carbonyl (C=O) groups is 1. The largest absolute Gasteiger partial charge is 0.370 e. The predicted molar refractivity (Wildman–Crippen MR) is 66.6 cm³/mol. The first-order chi connectivity index (χ1) is 8.60. The van der Waals surface area contributed by atoms with Crippen molar-refractivity contribution in [1.29, 1.82) is 0 Å². The summed E-state index contributed by atoms with van der Waals surface area (Å²) in [4.78, 5) is 19.5. The second kappa shape index (κ2) is 4.82. The molecule has 18 heavy (non-hydrogen) atoms. The number of rotatable bonds is 4. The number of hydrogen-bond donors (Lipinski definition) is 2. The maximum atomic E-state index is 11.0. The molecule has 3 N–H and O–H groups in total. The third kappa shape index (κ3) is 2.45. The molecule has 0 atom stereocenters. The van der Waals surface area contributed by atoms with Gasteiger partial charge in [0.25, 0.3) is 5.91 Å². The molecule has 0 saturated heterocycles. The summed E-state index contributed by atoms with van der Waals surface area (Å²) >= 11 is 0. The van der Waals surface area contributed by atoms with E-state index in [-0.39, 0.29) is 5.69 Å². The van der Waals surface area contributed by atoms with E-state index in [9.17, 15) is 4.79 Å². The Bertz CT molecular complexity index is 577. The molecule has 0 spiro atoms. The molecule has 1 amide bonds. The molecule has 2 heterocycles. The van der Waals surface area contributed by atoms with Crippen molar-refractivity contribution >= 4 is 11.7 Å². The molecular weight excluding hydrogens is 232 g/mol. The molecule has 0 saturated carbocycles. The zero-order valence-electron chi connectivity index (χ0n) is 10.2. The van der Waals surface area contributed by atoms with Gasteiger partial charge in [-0.3, -0.25) is 4.79 Å².